The molecule has 0 aliphatic rings. The van der Waals surface area contributed by atoms with E-state index in [1.807, 2.05) is 13.8 Å². The molecule has 0 spiro atoms. The molecule has 0 fully saturated rings. The van der Waals surface area contributed by atoms with Gasteiger partial charge in [0.15, 0.2) is 0 Å². The van der Waals surface area contributed by atoms with Crippen LogP contribution < -0.4 is 5.73 Å². The summed E-state index contributed by atoms with van der Waals surface area (Å²) in [5.41, 5.74) is 8.38. The Labute approximate surface area is 62.6 Å². The maximum atomic E-state index is 7.20. The lowest BCUT2D eigenvalue weighted by atomic mass is 10.1. The fourth-order valence-electron chi connectivity index (χ4n) is 0.813. The summed E-state index contributed by atoms with van der Waals surface area (Å²) in [6, 6.07) is 0. The largest absolute Gasteiger partial charge is 0.402 e. The van der Waals surface area contributed by atoms with Crippen LogP contribution in [-0.2, 0) is 0 Å². The van der Waals surface area contributed by atoms with Crippen molar-refractivity contribution in [3.8, 4) is 0 Å². The van der Waals surface area contributed by atoms with Crippen LogP contribution in [0.5, 0.6) is 0 Å². The molecule has 0 radical (unpaired) electrons. The van der Waals surface area contributed by atoms with Crippen molar-refractivity contribution < 1.29 is 0 Å². The van der Waals surface area contributed by atoms with Gasteiger partial charge in [0.25, 0.3) is 0 Å². The third-order valence-corrected chi connectivity index (χ3v) is 1.46. The van der Waals surface area contributed by atoms with Crippen molar-refractivity contribution in [1.29, 1.82) is 5.41 Å². The predicted octanol–water partition coefficient (Wildman–Crippen LogP) is 2.06. The summed E-state index contributed by atoms with van der Waals surface area (Å²) in [5, 5.41) is 7.20. The minimum Gasteiger partial charge on any atom is -0.402 e. The van der Waals surface area contributed by atoms with Crippen LogP contribution in [0.15, 0.2) is 11.3 Å². The van der Waals surface area contributed by atoms with Gasteiger partial charge in [-0.15, -0.1) is 0 Å². The monoisotopic (exact) mass is 140 g/mol. The molecule has 0 saturated carbocycles. The first-order valence-electron chi connectivity index (χ1n) is 3.56. The maximum Gasteiger partial charge on any atom is 0.00992 e. The highest BCUT2D eigenvalue weighted by Gasteiger charge is 1.95. The van der Waals surface area contributed by atoms with Crippen molar-refractivity contribution in [1.82, 2.24) is 0 Å². The van der Waals surface area contributed by atoms with Gasteiger partial charge >= 0.3 is 0 Å². The quantitative estimate of drug-likeness (QED) is 0.579. The van der Waals surface area contributed by atoms with E-state index in [4.69, 9.17) is 11.1 Å². The first kappa shape index (κ1) is 9.21. The fraction of sp³-hybridized carbons (Fsp3) is 0.625. The van der Waals surface area contributed by atoms with Gasteiger partial charge in [0.2, 0.25) is 0 Å². The number of hydrogen-bond donors (Lipinski definition) is 2. The summed E-state index contributed by atoms with van der Waals surface area (Å²) in [6.07, 6.45) is 1.61. The highest BCUT2D eigenvalue weighted by molar-refractivity contribution is 5.80. The van der Waals surface area contributed by atoms with E-state index < -0.39 is 0 Å². The van der Waals surface area contributed by atoms with E-state index in [0.717, 1.165) is 24.1 Å². The first-order valence-corrected chi connectivity index (χ1v) is 3.56. The molecule has 0 aromatic heterocycles. The molecule has 0 aliphatic heterocycles. The summed E-state index contributed by atoms with van der Waals surface area (Å²) in [6.45, 7) is 5.81. The summed E-state index contributed by atoms with van der Waals surface area (Å²) < 4.78 is 0. The minimum atomic E-state index is 0.675. The summed E-state index contributed by atoms with van der Waals surface area (Å²) in [7, 11) is 0. The zero-order valence-corrected chi connectivity index (χ0v) is 6.99. The number of rotatable bonds is 3. The van der Waals surface area contributed by atoms with E-state index in [0.29, 0.717) is 5.71 Å². The average Bonchev–Trinajstić information content (AvgIpc) is 1.85. The molecule has 0 amide bonds. The Bertz CT molecular complexity index is 157. The Morgan fingerprint density at radius 3 is 2.20 bits per heavy atom. The second-order valence-electron chi connectivity index (χ2n) is 2.62. The molecule has 0 aromatic rings. The Balaban J connectivity index is 4.04. The minimum absolute atomic E-state index is 0.675. The van der Waals surface area contributed by atoms with Crippen molar-refractivity contribution in [3.05, 3.63) is 11.3 Å². The Hall–Kier alpha value is -0.790. The van der Waals surface area contributed by atoms with Crippen molar-refractivity contribution in [2.24, 2.45) is 5.73 Å². The Morgan fingerprint density at radius 1 is 1.40 bits per heavy atom. The van der Waals surface area contributed by atoms with Gasteiger partial charge in [0, 0.05) is 17.8 Å². The van der Waals surface area contributed by atoms with Crippen LogP contribution >= 0.6 is 0 Å². The number of hydrogen-bond acceptors (Lipinski definition) is 2. The van der Waals surface area contributed by atoms with E-state index in [9.17, 15) is 0 Å². The maximum absolute atomic E-state index is 7.20. The number of nitrogens with two attached hydrogens (primary N) is 1. The smallest absolute Gasteiger partial charge is 0.00992 e. The van der Waals surface area contributed by atoms with E-state index >= 15 is 0 Å². The van der Waals surface area contributed by atoms with Crippen LogP contribution in [0, 0.1) is 5.41 Å². The zero-order chi connectivity index (χ0) is 8.15. The van der Waals surface area contributed by atoms with Gasteiger partial charge in [-0.1, -0.05) is 6.92 Å². The van der Waals surface area contributed by atoms with Gasteiger partial charge in [-0.2, -0.15) is 0 Å². The fourth-order valence-corrected chi connectivity index (χ4v) is 0.813. The molecule has 2 heteroatoms. The Morgan fingerprint density at radius 2 is 1.90 bits per heavy atom. The third-order valence-electron chi connectivity index (χ3n) is 1.46. The molecular weight excluding hydrogens is 124 g/mol. The second-order valence-corrected chi connectivity index (χ2v) is 2.62. The van der Waals surface area contributed by atoms with Crippen molar-refractivity contribution in [2.45, 2.75) is 33.6 Å². The number of allylic oxidation sites excluding steroid dienone is 2. The number of nitrogens with one attached hydrogen (secondary N) is 1. The van der Waals surface area contributed by atoms with Crippen LogP contribution in [0.4, 0.5) is 0 Å². The van der Waals surface area contributed by atoms with E-state index in [2.05, 4.69) is 0 Å². The lowest BCUT2D eigenvalue weighted by Crippen LogP contribution is -2.01. The van der Waals surface area contributed by atoms with Gasteiger partial charge in [-0.3, -0.25) is 0 Å². The molecule has 3 N–H and O–H groups in total. The molecule has 0 rings (SSSR count). The van der Waals surface area contributed by atoms with Crippen LogP contribution in [0.25, 0.3) is 0 Å². The van der Waals surface area contributed by atoms with Gasteiger partial charge in [-0.05, 0) is 25.8 Å². The molecule has 0 aromatic carbocycles. The zero-order valence-electron chi connectivity index (χ0n) is 6.99. The van der Waals surface area contributed by atoms with Gasteiger partial charge in [-0.25, -0.2) is 0 Å². The standard InChI is InChI=1S/C8H16N2/c1-4-8(10)6(2)5-7(3)9/h9H,4-5,10H2,1-3H3/b8-6-,9-7?. The van der Waals surface area contributed by atoms with Gasteiger partial charge in [0.05, 0.1) is 0 Å². The Kier molecular flexibility index (Phi) is 3.77. The SMILES string of the molecule is CC/C(N)=C(\C)CC(C)=N. The molecule has 0 aliphatic carbocycles. The normalized spacial score (nSPS) is 12.7. The summed E-state index contributed by atoms with van der Waals surface area (Å²) in [4.78, 5) is 0. The first-order chi connectivity index (χ1) is 4.57. The lowest BCUT2D eigenvalue weighted by Gasteiger charge is -2.03. The van der Waals surface area contributed by atoms with E-state index in [1.165, 1.54) is 0 Å². The average molecular weight is 140 g/mol. The lowest BCUT2D eigenvalue weighted by molar-refractivity contribution is 1.00. The highest BCUT2D eigenvalue weighted by Crippen LogP contribution is 2.06. The van der Waals surface area contributed by atoms with E-state index in [-0.39, 0.29) is 0 Å². The van der Waals surface area contributed by atoms with Crippen LogP contribution in [0.2, 0.25) is 0 Å². The van der Waals surface area contributed by atoms with Crippen molar-refractivity contribution >= 4 is 5.71 Å². The molecule has 0 bridgehead atoms. The second kappa shape index (κ2) is 4.09. The topological polar surface area (TPSA) is 49.9 Å². The van der Waals surface area contributed by atoms with Crippen molar-refractivity contribution in [3.63, 3.8) is 0 Å². The van der Waals surface area contributed by atoms with Gasteiger partial charge in [0.1, 0.15) is 0 Å². The van der Waals surface area contributed by atoms with Crippen LogP contribution in [0.1, 0.15) is 33.6 Å². The summed E-state index contributed by atoms with van der Waals surface area (Å²) >= 11 is 0. The van der Waals surface area contributed by atoms with Crippen molar-refractivity contribution in [2.75, 3.05) is 0 Å². The van der Waals surface area contributed by atoms with Crippen LogP contribution in [0.3, 0.4) is 0 Å². The molecule has 0 atom stereocenters. The highest BCUT2D eigenvalue weighted by atomic mass is 14.6. The molecule has 58 valence electrons. The van der Waals surface area contributed by atoms with Gasteiger partial charge < -0.3 is 11.1 Å². The summed E-state index contributed by atoms with van der Waals surface area (Å²) in [5.74, 6) is 0. The molecule has 2 nitrogen and oxygen atoms in total. The molecule has 10 heavy (non-hydrogen) atoms. The molecular formula is C8H16N2. The molecule has 0 unspecified atom stereocenters. The molecule has 0 saturated heterocycles. The van der Waals surface area contributed by atoms with Crippen LogP contribution in [-0.4, -0.2) is 5.71 Å². The molecule has 0 heterocycles. The predicted molar refractivity (Wildman–Crippen MR) is 45.2 cm³/mol. The van der Waals surface area contributed by atoms with E-state index in [1.54, 1.807) is 6.92 Å². The third kappa shape index (κ3) is 3.28.